The number of carboxylic acid groups (broad SMARTS) is 1. The molecule has 0 bridgehead atoms. The molecular weight excluding hydrogens is 228 g/mol. The summed E-state index contributed by atoms with van der Waals surface area (Å²) in [6.07, 6.45) is 0. The van der Waals surface area contributed by atoms with Gasteiger partial charge in [-0.05, 0) is 13.8 Å². The van der Waals surface area contributed by atoms with Gasteiger partial charge in [-0.25, -0.2) is 9.59 Å². The standard InChI is InChI=1S/C8H14N6O3/c1-4(6-10-12-13-11-6)9-8(17)14(3)5(2)7(15)16/h4-5H,1-3H3,(H,9,17)(H,15,16)(H,10,11,12,13). The first-order chi connectivity index (χ1) is 7.93. The molecule has 2 atom stereocenters. The van der Waals surface area contributed by atoms with Crippen LogP contribution in [0.1, 0.15) is 25.7 Å². The molecular formula is C8H14N6O3. The van der Waals surface area contributed by atoms with Crippen LogP contribution in [0.5, 0.6) is 0 Å². The number of aromatic amines is 1. The van der Waals surface area contributed by atoms with Gasteiger partial charge in [0.05, 0.1) is 6.04 Å². The number of hydrogen-bond donors (Lipinski definition) is 3. The number of H-pyrrole nitrogens is 1. The molecule has 0 saturated heterocycles. The van der Waals surface area contributed by atoms with Crippen molar-refractivity contribution < 1.29 is 14.7 Å². The summed E-state index contributed by atoms with van der Waals surface area (Å²) < 4.78 is 0. The molecule has 0 aromatic carbocycles. The highest BCUT2D eigenvalue weighted by Gasteiger charge is 2.23. The molecule has 17 heavy (non-hydrogen) atoms. The van der Waals surface area contributed by atoms with Gasteiger partial charge in [-0.1, -0.05) is 5.21 Å². The number of aromatic nitrogens is 4. The van der Waals surface area contributed by atoms with Crippen LogP contribution in [0, 0.1) is 0 Å². The molecule has 1 heterocycles. The number of carbonyl (C=O) groups excluding carboxylic acids is 1. The van der Waals surface area contributed by atoms with Crippen molar-refractivity contribution in [1.82, 2.24) is 30.8 Å². The summed E-state index contributed by atoms with van der Waals surface area (Å²) in [6.45, 7) is 3.09. The molecule has 0 aliphatic carbocycles. The lowest BCUT2D eigenvalue weighted by Gasteiger charge is -2.23. The average molecular weight is 242 g/mol. The third kappa shape index (κ3) is 3.13. The number of urea groups is 1. The van der Waals surface area contributed by atoms with Crippen LogP contribution in [-0.2, 0) is 4.79 Å². The van der Waals surface area contributed by atoms with Gasteiger partial charge in [0.2, 0.25) is 0 Å². The van der Waals surface area contributed by atoms with Crippen LogP contribution < -0.4 is 5.32 Å². The van der Waals surface area contributed by atoms with Gasteiger partial charge in [-0.2, -0.15) is 5.21 Å². The van der Waals surface area contributed by atoms with Crippen molar-refractivity contribution in [3.63, 3.8) is 0 Å². The third-order valence-corrected chi connectivity index (χ3v) is 2.35. The number of nitrogens with one attached hydrogen (secondary N) is 2. The molecule has 9 heteroatoms. The fourth-order valence-corrected chi connectivity index (χ4v) is 1.05. The van der Waals surface area contributed by atoms with Gasteiger partial charge in [0.15, 0.2) is 5.82 Å². The van der Waals surface area contributed by atoms with Gasteiger partial charge in [-0.3, -0.25) is 0 Å². The summed E-state index contributed by atoms with van der Waals surface area (Å²) in [4.78, 5) is 23.4. The summed E-state index contributed by atoms with van der Waals surface area (Å²) in [7, 11) is 1.40. The van der Waals surface area contributed by atoms with E-state index in [1.165, 1.54) is 14.0 Å². The number of nitrogens with zero attached hydrogens (tertiary/aromatic N) is 4. The van der Waals surface area contributed by atoms with Crippen molar-refractivity contribution in [1.29, 1.82) is 0 Å². The van der Waals surface area contributed by atoms with Gasteiger partial charge in [0.1, 0.15) is 6.04 Å². The molecule has 2 amide bonds. The van der Waals surface area contributed by atoms with Crippen LogP contribution in [0.2, 0.25) is 0 Å². The lowest BCUT2D eigenvalue weighted by Crippen LogP contribution is -2.46. The number of carbonyl (C=O) groups is 2. The maximum atomic E-state index is 11.7. The Balaban J connectivity index is 2.57. The number of amides is 2. The second-order valence-corrected chi connectivity index (χ2v) is 3.57. The van der Waals surface area contributed by atoms with Crippen molar-refractivity contribution in [2.45, 2.75) is 25.9 Å². The summed E-state index contributed by atoms with van der Waals surface area (Å²) in [6, 6.07) is -1.88. The molecule has 0 fully saturated rings. The van der Waals surface area contributed by atoms with Gasteiger partial charge in [0, 0.05) is 7.05 Å². The minimum atomic E-state index is -1.07. The van der Waals surface area contributed by atoms with Gasteiger partial charge < -0.3 is 15.3 Å². The largest absolute Gasteiger partial charge is 0.480 e. The molecule has 1 aromatic heterocycles. The van der Waals surface area contributed by atoms with Gasteiger partial charge in [-0.15, -0.1) is 10.2 Å². The summed E-state index contributed by atoms with van der Waals surface area (Å²) in [5.41, 5.74) is 0. The van der Waals surface area contributed by atoms with Crippen molar-refractivity contribution in [3.8, 4) is 0 Å². The SMILES string of the molecule is CC(NC(=O)N(C)C(C)C(=O)O)c1nn[nH]n1. The predicted octanol–water partition coefficient (Wildman–Crippen LogP) is -0.625. The smallest absolute Gasteiger partial charge is 0.326 e. The predicted molar refractivity (Wildman–Crippen MR) is 56.0 cm³/mol. The maximum absolute atomic E-state index is 11.7. The molecule has 3 N–H and O–H groups in total. The fourth-order valence-electron chi connectivity index (χ4n) is 1.05. The van der Waals surface area contributed by atoms with E-state index < -0.39 is 24.1 Å². The monoisotopic (exact) mass is 242 g/mol. The maximum Gasteiger partial charge on any atom is 0.326 e. The Morgan fingerprint density at radius 2 is 2.12 bits per heavy atom. The highest BCUT2D eigenvalue weighted by molar-refractivity contribution is 5.82. The Kier molecular flexibility index (Phi) is 3.96. The first-order valence-electron chi connectivity index (χ1n) is 4.93. The van der Waals surface area contributed by atoms with Crippen LogP contribution in [0.15, 0.2) is 0 Å². The number of likely N-dealkylation sites (N-methyl/N-ethyl adjacent to an activating group) is 1. The second-order valence-electron chi connectivity index (χ2n) is 3.57. The summed E-state index contributed by atoms with van der Waals surface area (Å²) in [5.74, 6) is -0.746. The topological polar surface area (TPSA) is 124 Å². The molecule has 1 aromatic rings. The molecule has 0 radical (unpaired) electrons. The number of carboxylic acids is 1. The lowest BCUT2D eigenvalue weighted by molar-refractivity contribution is -0.141. The zero-order valence-electron chi connectivity index (χ0n) is 9.71. The molecule has 0 saturated carbocycles. The first kappa shape index (κ1) is 12.9. The lowest BCUT2D eigenvalue weighted by atomic mass is 10.3. The van der Waals surface area contributed by atoms with Gasteiger partial charge in [0.25, 0.3) is 0 Å². The molecule has 0 aliphatic rings. The summed E-state index contributed by atoms with van der Waals surface area (Å²) >= 11 is 0. The molecule has 0 spiro atoms. The number of tetrazole rings is 1. The fraction of sp³-hybridized carbons (Fsp3) is 0.625. The third-order valence-electron chi connectivity index (χ3n) is 2.35. The molecule has 0 aliphatic heterocycles. The van der Waals surface area contributed by atoms with Crippen molar-refractivity contribution in [2.24, 2.45) is 0 Å². The molecule has 9 nitrogen and oxygen atoms in total. The minimum absolute atomic E-state index is 0.328. The Labute approximate surface area is 97.2 Å². The number of rotatable bonds is 4. The van der Waals surface area contributed by atoms with E-state index in [-0.39, 0.29) is 0 Å². The van der Waals surface area contributed by atoms with E-state index in [9.17, 15) is 9.59 Å². The van der Waals surface area contributed by atoms with E-state index in [1.54, 1.807) is 6.92 Å². The van der Waals surface area contributed by atoms with Crippen LogP contribution in [0.4, 0.5) is 4.79 Å². The highest BCUT2D eigenvalue weighted by atomic mass is 16.4. The van der Waals surface area contributed by atoms with Crippen LogP contribution in [0.3, 0.4) is 0 Å². The van der Waals surface area contributed by atoms with Crippen LogP contribution in [-0.4, -0.2) is 55.7 Å². The minimum Gasteiger partial charge on any atom is -0.480 e. The molecule has 1 rings (SSSR count). The van der Waals surface area contributed by atoms with Gasteiger partial charge >= 0.3 is 12.0 Å². The zero-order valence-corrected chi connectivity index (χ0v) is 9.71. The van der Waals surface area contributed by atoms with Crippen LogP contribution >= 0.6 is 0 Å². The highest BCUT2D eigenvalue weighted by Crippen LogP contribution is 2.05. The van der Waals surface area contributed by atoms with E-state index in [2.05, 4.69) is 25.9 Å². The number of aliphatic carboxylic acids is 1. The summed E-state index contributed by atoms with van der Waals surface area (Å²) in [5, 5.41) is 24.4. The second kappa shape index (κ2) is 5.23. The van der Waals surface area contributed by atoms with E-state index in [1.807, 2.05) is 0 Å². The van der Waals surface area contributed by atoms with E-state index in [4.69, 9.17) is 5.11 Å². The van der Waals surface area contributed by atoms with E-state index >= 15 is 0 Å². The van der Waals surface area contributed by atoms with E-state index in [0.717, 1.165) is 4.90 Å². The first-order valence-corrected chi connectivity index (χ1v) is 4.93. The molecule has 2 unspecified atom stereocenters. The normalized spacial score (nSPS) is 13.8. The average Bonchev–Trinajstić information content (AvgIpc) is 2.80. The quantitative estimate of drug-likeness (QED) is 0.646. The number of hydrogen-bond acceptors (Lipinski definition) is 5. The zero-order chi connectivity index (χ0) is 13.0. The Morgan fingerprint density at radius 3 is 2.59 bits per heavy atom. The van der Waals surface area contributed by atoms with E-state index in [0.29, 0.717) is 5.82 Å². The van der Waals surface area contributed by atoms with Crippen molar-refractivity contribution in [3.05, 3.63) is 5.82 Å². The molecule has 94 valence electrons. The van der Waals surface area contributed by atoms with Crippen molar-refractivity contribution in [2.75, 3.05) is 7.05 Å². The Morgan fingerprint density at radius 1 is 1.47 bits per heavy atom. The van der Waals surface area contributed by atoms with Crippen LogP contribution in [0.25, 0.3) is 0 Å². The van der Waals surface area contributed by atoms with Crippen molar-refractivity contribution >= 4 is 12.0 Å². The Bertz CT molecular complexity index is 392. The Hall–Kier alpha value is -2.19.